The first-order valence-electron chi connectivity index (χ1n) is 21.1. The van der Waals surface area contributed by atoms with Gasteiger partial charge in [-0.15, -0.1) is 0 Å². The van der Waals surface area contributed by atoms with Gasteiger partial charge in [0.1, 0.15) is 48.4 Å². The topological polar surface area (TPSA) is 210 Å². The summed E-state index contributed by atoms with van der Waals surface area (Å²) in [5.74, 6) is -2.77. The van der Waals surface area contributed by atoms with Gasteiger partial charge in [-0.25, -0.2) is 4.79 Å². The second-order valence-electron chi connectivity index (χ2n) is 16.7. The molecule has 61 heavy (non-hydrogen) atoms. The molecule has 4 bridgehead atoms. The summed E-state index contributed by atoms with van der Waals surface area (Å²) in [5.41, 5.74) is 1.29. The average Bonchev–Trinajstić information content (AvgIpc) is 3.23. The molecule has 6 N–H and O–H groups in total. The number of aliphatic hydroxyl groups excluding tert-OH is 1. The molecular weight excluding hydrogens is 783 g/mol. The Morgan fingerprint density at radius 1 is 0.852 bits per heavy atom. The van der Waals surface area contributed by atoms with Gasteiger partial charge in [0.2, 0.25) is 17.7 Å². The van der Waals surface area contributed by atoms with Crippen LogP contribution in [0.1, 0.15) is 89.3 Å². The van der Waals surface area contributed by atoms with Crippen molar-refractivity contribution in [2.75, 3.05) is 6.54 Å². The molecule has 15 nitrogen and oxygen atoms in total. The minimum absolute atomic E-state index is 0.0106. The lowest BCUT2D eigenvalue weighted by molar-refractivity contribution is -0.146. The number of esters is 1. The highest BCUT2D eigenvalue weighted by atomic mass is 16.6. The van der Waals surface area contributed by atoms with Gasteiger partial charge in [0.15, 0.2) is 6.10 Å². The minimum atomic E-state index is -1.75. The van der Waals surface area contributed by atoms with E-state index in [0.29, 0.717) is 36.3 Å². The Morgan fingerprint density at radius 2 is 1.57 bits per heavy atom. The molecule has 0 aromatic heterocycles. The second kappa shape index (κ2) is 22.0. The molecular formula is C46H59N5O10. The quantitative estimate of drug-likeness (QED) is 0.140. The highest BCUT2D eigenvalue weighted by molar-refractivity contribution is 5.94. The van der Waals surface area contributed by atoms with Crippen molar-refractivity contribution in [2.45, 2.75) is 128 Å². The molecule has 6 rings (SSSR count). The fourth-order valence-corrected chi connectivity index (χ4v) is 7.42. The van der Waals surface area contributed by atoms with Gasteiger partial charge in [0.05, 0.1) is 6.04 Å². The van der Waals surface area contributed by atoms with E-state index in [1.807, 2.05) is 13.0 Å². The molecule has 5 amide bonds. The zero-order valence-electron chi connectivity index (χ0n) is 35.4. The Bertz CT molecular complexity index is 1960. The first-order valence-corrected chi connectivity index (χ1v) is 21.1. The van der Waals surface area contributed by atoms with E-state index in [9.17, 15) is 33.9 Å². The summed E-state index contributed by atoms with van der Waals surface area (Å²) in [6.07, 6.45) is 2.15. The molecule has 2 aliphatic heterocycles. The molecule has 1 fully saturated rings. The van der Waals surface area contributed by atoms with Crippen LogP contribution in [-0.4, -0.2) is 83.2 Å². The maximum atomic E-state index is 14.5. The van der Waals surface area contributed by atoms with Gasteiger partial charge in [0.25, 0.3) is 5.91 Å². The third-order valence-electron chi connectivity index (χ3n) is 10.5. The molecule has 0 spiro atoms. The van der Waals surface area contributed by atoms with Gasteiger partial charge in [-0.3, -0.25) is 24.0 Å². The fourth-order valence-electron chi connectivity index (χ4n) is 7.42. The highest BCUT2D eigenvalue weighted by Crippen LogP contribution is 2.28. The molecule has 2 heterocycles. The molecule has 3 aliphatic rings. The summed E-state index contributed by atoms with van der Waals surface area (Å²) in [4.78, 5) is 81.6. The Hall–Kier alpha value is -5.96. The minimum Gasteiger partial charge on any atom is -0.460 e. The van der Waals surface area contributed by atoms with E-state index in [-0.39, 0.29) is 31.8 Å². The number of alkyl carbamates (subject to hydrolysis) is 1. The predicted octanol–water partition coefficient (Wildman–Crippen LogP) is 4.53. The normalized spacial score (nSPS) is 19.7. The zero-order valence-corrected chi connectivity index (χ0v) is 35.4. The zero-order chi connectivity index (χ0) is 43.9. The number of rotatable bonds is 12. The van der Waals surface area contributed by atoms with Crippen LogP contribution in [0.25, 0.3) is 0 Å². The standard InChI is InChI=1S/C46H59N5O10/c1-5-13-35(40(53)44(57)47-27-38(52)59-28-30-14-8-6-9-15-30)48-41(54)36-26-31-16-12-19-34(24-31)60-33-22-20-29(21-23-33)25-37(50-45(58)61-46(2,3)4)42(55)51-39(43(56)49-36)32-17-10-7-11-18-32/h6,8-9,12,14-16,19-24,32,35-37,39-40,53H,5,7,10-11,13,17-18,25-28H2,1-4H3,(H,47,57)(H,48,54)(H,49,56)(H,50,58)(H,51,55). The number of carbonyl (C=O) groups is 6. The second-order valence-corrected chi connectivity index (χ2v) is 16.7. The smallest absolute Gasteiger partial charge is 0.408 e. The monoisotopic (exact) mass is 841 g/mol. The molecule has 0 saturated heterocycles. The SMILES string of the molecule is CCCC(NC(=O)C1Cc2cccc(c2)Oc2ccc(cc2)CC(NC(=O)OC(C)(C)C)C(=O)NC(C2CCCCC2)C(=O)N1)C(O)C(=O)NCC(=O)OCc1ccccc1. The van der Waals surface area contributed by atoms with Crippen LogP contribution in [0.2, 0.25) is 0 Å². The Morgan fingerprint density at radius 3 is 2.26 bits per heavy atom. The van der Waals surface area contributed by atoms with Crippen LogP contribution >= 0.6 is 0 Å². The number of hydrogen-bond acceptors (Lipinski definition) is 10. The molecule has 5 atom stereocenters. The van der Waals surface area contributed by atoms with E-state index in [1.54, 1.807) is 93.6 Å². The lowest BCUT2D eigenvalue weighted by Gasteiger charge is -2.33. The fraction of sp³-hybridized carbons (Fsp3) is 0.478. The average molecular weight is 842 g/mol. The van der Waals surface area contributed by atoms with Crippen LogP contribution in [0.4, 0.5) is 4.79 Å². The summed E-state index contributed by atoms with van der Waals surface area (Å²) < 4.78 is 16.9. The number of nitrogens with one attached hydrogen (secondary N) is 5. The number of ether oxygens (including phenoxy) is 3. The number of benzene rings is 3. The Labute approximate surface area is 357 Å². The van der Waals surface area contributed by atoms with E-state index in [2.05, 4.69) is 26.6 Å². The lowest BCUT2D eigenvalue weighted by atomic mass is 9.83. The van der Waals surface area contributed by atoms with Crippen LogP contribution in [0.15, 0.2) is 78.9 Å². The summed E-state index contributed by atoms with van der Waals surface area (Å²) in [6.45, 7) is 6.47. The maximum absolute atomic E-state index is 14.5. The van der Waals surface area contributed by atoms with Crippen molar-refractivity contribution in [1.29, 1.82) is 0 Å². The van der Waals surface area contributed by atoms with Crippen LogP contribution in [0.3, 0.4) is 0 Å². The van der Waals surface area contributed by atoms with E-state index < -0.39 is 78.1 Å². The van der Waals surface area contributed by atoms with E-state index in [0.717, 1.165) is 30.4 Å². The van der Waals surface area contributed by atoms with E-state index in [4.69, 9.17) is 14.2 Å². The number of hydrogen-bond donors (Lipinski definition) is 6. The van der Waals surface area contributed by atoms with Crippen molar-refractivity contribution in [1.82, 2.24) is 26.6 Å². The van der Waals surface area contributed by atoms with Gasteiger partial charge in [-0.1, -0.05) is 87.2 Å². The summed E-state index contributed by atoms with van der Waals surface area (Å²) >= 11 is 0. The van der Waals surface area contributed by atoms with Crippen molar-refractivity contribution in [3.8, 4) is 11.5 Å². The predicted molar refractivity (Wildman–Crippen MR) is 226 cm³/mol. The molecule has 1 aliphatic carbocycles. The van der Waals surface area contributed by atoms with Gasteiger partial charge in [0, 0.05) is 12.8 Å². The van der Waals surface area contributed by atoms with Crippen LogP contribution in [-0.2, 0) is 52.9 Å². The molecule has 0 radical (unpaired) electrons. The first kappa shape index (κ1) is 46.1. The number of amides is 5. The molecule has 3 aromatic rings. The van der Waals surface area contributed by atoms with Crippen LogP contribution in [0.5, 0.6) is 11.5 Å². The highest BCUT2D eigenvalue weighted by Gasteiger charge is 2.37. The Kier molecular flexibility index (Phi) is 16.7. The van der Waals surface area contributed by atoms with Gasteiger partial charge >= 0.3 is 12.1 Å². The molecule has 328 valence electrons. The summed E-state index contributed by atoms with van der Waals surface area (Å²) in [7, 11) is 0. The van der Waals surface area contributed by atoms with Gasteiger partial charge < -0.3 is 45.9 Å². The van der Waals surface area contributed by atoms with Crippen molar-refractivity contribution >= 4 is 35.7 Å². The molecule has 1 saturated carbocycles. The van der Waals surface area contributed by atoms with Crippen LogP contribution in [0, 0.1) is 5.92 Å². The summed E-state index contributed by atoms with van der Waals surface area (Å²) in [6, 6.07) is 18.6. The van der Waals surface area contributed by atoms with E-state index >= 15 is 0 Å². The van der Waals surface area contributed by atoms with Crippen molar-refractivity contribution in [3.05, 3.63) is 95.6 Å². The van der Waals surface area contributed by atoms with Gasteiger partial charge in [-0.2, -0.15) is 0 Å². The molecule has 15 heteroatoms. The van der Waals surface area contributed by atoms with E-state index in [1.165, 1.54) is 0 Å². The van der Waals surface area contributed by atoms with Crippen molar-refractivity contribution in [3.63, 3.8) is 0 Å². The maximum Gasteiger partial charge on any atom is 0.408 e. The third-order valence-corrected chi connectivity index (χ3v) is 10.5. The molecule has 5 unspecified atom stereocenters. The number of fused-ring (bicyclic) bond motifs is 10. The molecule has 3 aromatic carbocycles. The third kappa shape index (κ3) is 14.6. The number of carbonyl (C=O) groups excluding carboxylic acids is 6. The Balaban J connectivity index is 1.39. The lowest BCUT2D eigenvalue weighted by Crippen LogP contribution is -2.61. The first-order chi connectivity index (χ1) is 29.2. The van der Waals surface area contributed by atoms with Crippen molar-refractivity contribution < 1.29 is 48.1 Å². The number of aliphatic hydroxyl groups is 1. The van der Waals surface area contributed by atoms with Crippen molar-refractivity contribution in [2.24, 2.45) is 5.92 Å². The van der Waals surface area contributed by atoms with Crippen LogP contribution < -0.4 is 31.3 Å². The summed E-state index contributed by atoms with van der Waals surface area (Å²) in [5, 5.41) is 24.9. The van der Waals surface area contributed by atoms with Gasteiger partial charge in [-0.05, 0) is 86.9 Å². The largest absolute Gasteiger partial charge is 0.460 e.